The monoisotopic (exact) mass is 684 g/mol. The molecule has 246 valence electrons. The highest BCUT2D eigenvalue weighted by Gasteiger charge is 2.22. The van der Waals surface area contributed by atoms with E-state index >= 15 is 0 Å². The Hall–Kier alpha value is -5.42. The highest BCUT2D eigenvalue weighted by molar-refractivity contribution is 6.69. The molecule has 3 aromatic heterocycles. The fourth-order valence-electron chi connectivity index (χ4n) is 8.64. The molecule has 0 saturated heterocycles. The summed E-state index contributed by atoms with van der Waals surface area (Å²) in [7, 11) is 22.0. The molecule has 0 amide bonds. The smallest absolute Gasteiger partial charge is 0.164 e. The molecule has 0 saturated carbocycles. The van der Waals surface area contributed by atoms with Gasteiger partial charge >= 0.3 is 0 Å². The molecule has 3 heterocycles. The van der Waals surface area contributed by atoms with Gasteiger partial charge in [-0.2, -0.15) is 0 Å². The summed E-state index contributed by atoms with van der Waals surface area (Å²) in [5.41, 5.74) is 20.7. The van der Waals surface area contributed by atoms with Gasteiger partial charge in [0, 0.05) is 43.9 Å². The molecule has 0 unspecified atom stereocenters. The molecular formula is C39H34B10N4O. The Morgan fingerprint density at radius 1 is 0.389 bits per heavy atom. The Morgan fingerprint density at radius 3 is 1.37 bits per heavy atom. The minimum atomic E-state index is 0.632. The number of benzene rings is 6. The van der Waals surface area contributed by atoms with E-state index in [0.29, 0.717) is 17.5 Å². The van der Waals surface area contributed by atoms with Crippen LogP contribution in [-0.2, 0) is 0 Å². The summed E-state index contributed by atoms with van der Waals surface area (Å²) in [5, 5.41) is 4.61. The van der Waals surface area contributed by atoms with Crippen molar-refractivity contribution in [3.8, 4) is 39.9 Å². The maximum atomic E-state index is 6.58. The average molecular weight is 683 g/mol. The molecule has 0 aliphatic heterocycles. The zero-order valence-corrected chi connectivity index (χ0v) is 32.8. The molecule has 6 aromatic carbocycles. The predicted octanol–water partition coefficient (Wildman–Crippen LogP) is -7.55. The van der Waals surface area contributed by atoms with Gasteiger partial charge in [-0.3, -0.25) is 0 Å². The summed E-state index contributed by atoms with van der Waals surface area (Å²) in [4.78, 5) is 15.8. The van der Waals surface area contributed by atoms with E-state index in [1.54, 1.807) is 0 Å². The third kappa shape index (κ3) is 5.04. The van der Waals surface area contributed by atoms with Crippen molar-refractivity contribution in [2.75, 3.05) is 0 Å². The Morgan fingerprint density at radius 2 is 0.852 bits per heavy atom. The second-order valence-electron chi connectivity index (χ2n) is 15.2. The zero-order valence-electron chi connectivity index (χ0n) is 32.8. The first-order valence-corrected chi connectivity index (χ1v) is 18.8. The lowest BCUT2D eigenvalue weighted by atomic mass is 9.60. The number of furan rings is 1. The van der Waals surface area contributed by atoms with Crippen LogP contribution in [0.15, 0.2) is 89.3 Å². The topological polar surface area (TPSA) is 56.7 Å². The molecule has 54 heavy (non-hydrogen) atoms. The fraction of sp³-hybridized carbons (Fsp3) is 0. The fourth-order valence-corrected chi connectivity index (χ4v) is 8.64. The summed E-state index contributed by atoms with van der Waals surface area (Å²) >= 11 is 0. The second-order valence-corrected chi connectivity index (χ2v) is 15.2. The Kier molecular flexibility index (Phi) is 8.00. The first kappa shape index (κ1) is 34.4. The second kappa shape index (κ2) is 12.6. The lowest BCUT2D eigenvalue weighted by Gasteiger charge is -2.22. The largest absolute Gasteiger partial charge is 0.456 e. The minimum Gasteiger partial charge on any atom is -0.456 e. The summed E-state index contributed by atoms with van der Waals surface area (Å²) < 4.78 is 8.93. The predicted molar refractivity (Wildman–Crippen MR) is 260 cm³/mol. The highest BCUT2D eigenvalue weighted by Crippen LogP contribution is 2.36. The average Bonchev–Trinajstić information content (AvgIpc) is 3.72. The first-order chi connectivity index (χ1) is 25.9. The molecule has 15 heteroatoms. The van der Waals surface area contributed by atoms with Gasteiger partial charge in [0.15, 0.2) is 17.5 Å². The van der Waals surface area contributed by atoms with Crippen molar-refractivity contribution < 1.29 is 4.42 Å². The standard InChI is InChI=1S/C39H34B10N4O/c40-27-25(28(41)32(45)35(48)31(27)44)38-50-37(51-39(52-38)26-29(42)33(46)36(49)34(47)30(26)43)15-9-11-19-20-14-16(10-12-23(20)54-24(19)13-15)53-21-7-3-1-5-17(21)18-6-2-4-8-22(18)53/h1-14H,40-49H2. The minimum absolute atomic E-state index is 0.632. The van der Waals surface area contributed by atoms with E-state index in [9.17, 15) is 0 Å². The van der Waals surface area contributed by atoms with Gasteiger partial charge in [0.25, 0.3) is 0 Å². The van der Waals surface area contributed by atoms with Crippen molar-refractivity contribution in [2.45, 2.75) is 0 Å². The molecule has 5 nitrogen and oxygen atoms in total. The van der Waals surface area contributed by atoms with E-state index in [0.717, 1.165) is 44.3 Å². The number of nitrogens with zero attached hydrogens (tertiary/aromatic N) is 4. The van der Waals surface area contributed by atoms with Gasteiger partial charge in [-0.1, -0.05) is 64.3 Å². The Labute approximate surface area is 324 Å². The van der Waals surface area contributed by atoms with Gasteiger partial charge in [-0.15, -0.1) is 32.8 Å². The van der Waals surface area contributed by atoms with Crippen LogP contribution in [0.4, 0.5) is 0 Å². The number of fused-ring (bicyclic) bond motifs is 6. The van der Waals surface area contributed by atoms with Crippen LogP contribution in [0.3, 0.4) is 0 Å². The van der Waals surface area contributed by atoms with Crippen LogP contribution in [0.2, 0.25) is 0 Å². The molecular weight excluding hydrogens is 649 g/mol. The molecule has 9 rings (SSSR count). The number of rotatable bonds is 4. The molecule has 0 fully saturated rings. The normalized spacial score (nSPS) is 11.7. The lowest BCUT2D eigenvalue weighted by Crippen LogP contribution is -2.55. The van der Waals surface area contributed by atoms with Crippen molar-refractivity contribution in [1.82, 2.24) is 19.5 Å². The third-order valence-electron chi connectivity index (χ3n) is 12.6. The van der Waals surface area contributed by atoms with Gasteiger partial charge in [-0.25, -0.2) is 15.0 Å². The van der Waals surface area contributed by atoms with Crippen molar-refractivity contribution in [2.24, 2.45) is 0 Å². The lowest BCUT2D eigenvalue weighted by molar-refractivity contribution is 0.669. The van der Waals surface area contributed by atoms with E-state index in [1.165, 1.54) is 76.4 Å². The zero-order chi connectivity index (χ0) is 37.7. The molecule has 0 spiro atoms. The van der Waals surface area contributed by atoms with E-state index in [4.69, 9.17) is 19.4 Å². The van der Waals surface area contributed by atoms with Crippen LogP contribution in [0.25, 0.3) is 83.6 Å². The number of hydrogen-bond acceptors (Lipinski definition) is 4. The molecule has 9 aromatic rings. The SMILES string of the molecule is Bc1c(B)c(B)c(-c2nc(-c3ccc4c(c3)oc3ccc(-n5c6ccccc6c6ccccc65)cc34)nc(-c3c(B)c(B)c(B)c(B)c3B)n2)c(B)c1B. The van der Waals surface area contributed by atoms with E-state index in [2.05, 4.69) is 168 Å². The van der Waals surface area contributed by atoms with Crippen LogP contribution in [0.1, 0.15) is 0 Å². The molecule has 0 atom stereocenters. The molecule has 0 bridgehead atoms. The molecule has 0 aliphatic rings. The van der Waals surface area contributed by atoms with Gasteiger partial charge in [0.05, 0.1) is 11.0 Å². The third-order valence-corrected chi connectivity index (χ3v) is 12.6. The number of aromatic nitrogens is 4. The van der Waals surface area contributed by atoms with Crippen LogP contribution in [-0.4, -0.2) is 98.0 Å². The van der Waals surface area contributed by atoms with E-state index in [-0.39, 0.29) is 0 Å². The van der Waals surface area contributed by atoms with Crippen molar-refractivity contribution in [3.05, 3.63) is 84.9 Å². The molecule has 0 N–H and O–H groups in total. The summed E-state index contributed by atoms with van der Waals surface area (Å²) in [6, 6.07) is 30.1. The van der Waals surface area contributed by atoms with Crippen LogP contribution < -0.4 is 54.6 Å². The van der Waals surface area contributed by atoms with Gasteiger partial charge in [0.2, 0.25) is 0 Å². The summed E-state index contributed by atoms with van der Waals surface area (Å²) in [6.07, 6.45) is 0. The number of hydrogen-bond donors (Lipinski definition) is 0. The first-order valence-electron chi connectivity index (χ1n) is 18.8. The summed E-state index contributed by atoms with van der Waals surface area (Å²) in [5.74, 6) is 2.03. The maximum Gasteiger partial charge on any atom is 0.164 e. The highest BCUT2D eigenvalue weighted by atomic mass is 16.3. The summed E-state index contributed by atoms with van der Waals surface area (Å²) in [6.45, 7) is 0. The van der Waals surface area contributed by atoms with E-state index in [1.807, 2.05) is 0 Å². The van der Waals surface area contributed by atoms with Gasteiger partial charge in [-0.05, 0) is 42.5 Å². The van der Waals surface area contributed by atoms with Crippen LogP contribution in [0, 0.1) is 0 Å². The molecule has 0 radical (unpaired) electrons. The quantitative estimate of drug-likeness (QED) is 0.173. The van der Waals surface area contributed by atoms with Gasteiger partial charge < -0.3 is 8.98 Å². The Balaban J connectivity index is 1.25. The van der Waals surface area contributed by atoms with Crippen LogP contribution in [0.5, 0.6) is 0 Å². The van der Waals surface area contributed by atoms with E-state index < -0.39 is 0 Å². The molecule has 0 aliphatic carbocycles. The van der Waals surface area contributed by atoms with Crippen LogP contribution >= 0.6 is 0 Å². The van der Waals surface area contributed by atoms with Crippen molar-refractivity contribution >= 4 is 177 Å². The Bertz CT molecular complexity index is 2880. The van der Waals surface area contributed by atoms with Gasteiger partial charge in [0.1, 0.15) is 89.6 Å². The number of para-hydroxylation sites is 2. The van der Waals surface area contributed by atoms with Crippen molar-refractivity contribution in [1.29, 1.82) is 0 Å². The maximum absolute atomic E-state index is 6.58. The van der Waals surface area contributed by atoms with Crippen molar-refractivity contribution in [3.63, 3.8) is 0 Å².